The van der Waals surface area contributed by atoms with Gasteiger partial charge in [0.25, 0.3) is 5.91 Å². The number of carbonyl (C=O) groups is 2. The molecule has 0 fully saturated rings. The van der Waals surface area contributed by atoms with Crippen molar-refractivity contribution in [2.75, 3.05) is 29.0 Å². The third-order valence-corrected chi connectivity index (χ3v) is 6.07. The molecule has 1 N–H and O–H groups in total. The summed E-state index contributed by atoms with van der Waals surface area (Å²) in [7, 11) is -2.35. The molecule has 148 valence electrons. The van der Waals surface area contributed by atoms with E-state index in [0.29, 0.717) is 11.4 Å². The van der Waals surface area contributed by atoms with Crippen molar-refractivity contribution in [3.05, 3.63) is 54.1 Å². The fraction of sp³-hybridized carbons (Fsp3) is 0.263. The van der Waals surface area contributed by atoms with Gasteiger partial charge in [-0.3, -0.25) is 9.10 Å². The van der Waals surface area contributed by atoms with Gasteiger partial charge in [-0.1, -0.05) is 24.3 Å². The molecule has 1 amide bonds. The summed E-state index contributed by atoms with van der Waals surface area (Å²) < 4.78 is 36.6. The van der Waals surface area contributed by atoms with Crippen LogP contribution in [0.3, 0.4) is 0 Å². The van der Waals surface area contributed by atoms with Crippen LogP contribution in [0, 0.1) is 0 Å². The lowest BCUT2D eigenvalue weighted by Crippen LogP contribution is -2.49. The predicted octanol–water partition coefficient (Wildman–Crippen LogP) is 2.03. The third kappa shape index (κ3) is 3.79. The van der Waals surface area contributed by atoms with Crippen molar-refractivity contribution < 1.29 is 27.5 Å². The second-order valence-electron chi connectivity index (χ2n) is 6.03. The number of methoxy groups -OCH3 is 1. The fourth-order valence-corrected chi connectivity index (χ4v) is 3.98. The molecule has 1 unspecified atom stereocenters. The molecule has 2 aromatic carbocycles. The summed E-state index contributed by atoms with van der Waals surface area (Å²) in [6.07, 6.45) is -1.08. The second kappa shape index (κ2) is 7.89. The molecule has 3 rings (SSSR count). The van der Waals surface area contributed by atoms with Crippen LogP contribution in [0.4, 0.5) is 11.4 Å². The van der Waals surface area contributed by atoms with Crippen LogP contribution >= 0.6 is 0 Å². The Morgan fingerprint density at radius 2 is 1.86 bits per heavy atom. The molecule has 9 heteroatoms. The van der Waals surface area contributed by atoms with Gasteiger partial charge >= 0.3 is 5.97 Å². The highest BCUT2D eigenvalue weighted by atomic mass is 32.2. The lowest BCUT2D eigenvalue weighted by Gasteiger charge is -2.34. The number of esters is 1. The summed E-state index contributed by atoms with van der Waals surface area (Å²) in [4.78, 5) is 24.7. The fourth-order valence-electron chi connectivity index (χ4n) is 2.85. The SMILES string of the molecule is CCS(=O)(=O)N1CC(C(=O)Nc2ccccc2C(=O)OC)Oc2ccccc21. The topological polar surface area (TPSA) is 102 Å². The molecule has 0 bridgehead atoms. The number of nitrogens with zero attached hydrogens (tertiary/aromatic N) is 1. The molecule has 0 saturated heterocycles. The van der Waals surface area contributed by atoms with E-state index in [1.165, 1.54) is 24.4 Å². The number of hydrogen-bond acceptors (Lipinski definition) is 6. The Labute approximate surface area is 163 Å². The number of rotatable bonds is 5. The van der Waals surface area contributed by atoms with E-state index in [9.17, 15) is 18.0 Å². The zero-order valence-corrected chi connectivity index (χ0v) is 16.2. The van der Waals surface area contributed by atoms with Gasteiger partial charge in [0.2, 0.25) is 10.0 Å². The molecule has 28 heavy (non-hydrogen) atoms. The van der Waals surface area contributed by atoms with Gasteiger partial charge in [-0.15, -0.1) is 0 Å². The first-order chi connectivity index (χ1) is 13.4. The van der Waals surface area contributed by atoms with Crippen LogP contribution in [-0.2, 0) is 19.6 Å². The van der Waals surface area contributed by atoms with Crippen LogP contribution in [0.15, 0.2) is 48.5 Å². The van der Waals surface area contributed by atoms with E-state index in [-0.39, 0.29) is 23.5 Å². The second-order valence-corrected chi connectivity index (χ2v) is 8.21. The number of para-hydroxylation sites is 3. The summed E-state index contributed by atoms with van der Waals surface area (Å²) in [6, 6.07) is 13.0. The molecule has 2 aromatic rings. The van der Waals surface area contributed by atoms with Crippen LogP contribution in [0.25, 0.3) is 0 Å². The standard InChI is InChI=1S/C19H20N2O6S/c1-3-28(24,25)21-12-17(27-16-11-7-6-10-15(16)21)18(22)20-14-9-5-4-8-13(14)19(23)26-2/h4-11,17H,3,12H2,1-2H3,(H,20,22). The maximum atomic E-state index is 12.8. The minimum atomic E-state index is -3.60. The Bertz CT molecular complexity index is 1000. The van der Waals surface area contributed by atoms with Gasteiger partial charge in [0, 0.05) is 0 Å². The first kappa shape index (κ1) is 19.7. The number of carbonyl (C=O) groups excluding carboxylic acids is 2. The number of nitrogens with one attached hydrogen (secondary N) is 1. The van der Waals surface area contributed by atoms with Crippen LogP contribution in [-0.4, -0.2) is 45.8 Å². The maximum Gasteiger partial charge on any atom is 0.339 e. The van der Waals surface area contributed by atoms with Crippen molar-refractivity contribution in [2.24, 2.45) is 0 Å². The average Bonchev–Trinajstić information content (AvgIpc) is 2.72. The van der Waals surface area contributed by atoms with Crippen molar-refractivity contribution in [3.8, 4) is 5.75 Å². The van der Waals surface area contributed by atoms with Gasteiger partial charge in [-0.25, -0.2) is 13.2 Å². The number of ether oxygens (including phenoxy) is 2. The molecule has 1 aliphatic rings. The molecule has 1 aliphatic heterocycles. The zero-order chi connectivity index (χ0) is 20.3. The lowest BCUT2D eigenvalue weighted by molar-refractivity contribution is -0.122. The Kier molecular flexibility index (Phi) is 5.55. The average molecular weight is 404 g/mol. The summed E-state index contributed by atoms with van der Waals surface area (Å²) in [6.45, 7) is 1.37. The van der Waals surface area contributed by atoms with Gasteiger partial charge in [-0.2, -0.15) is 0 Å². The van der Waals surface area contributed by atoms with Gasteiger partial charge in [0.15, 0.2) is 6.10 Å². The van der Waals surface area contributed by atoms with Crippen LogP contribution in [0.1, 0.15) is 17.3 Å². The maximum absolute atomic E-state index is 12.8. The Morgan fingerprint density at radius 3 is 2.57 bits per heavy atom. The van der Waals surface area contributed by atoms with Gasteiger partial charge in [0.1, 0.15) is 5.75 Å². The summed E-state index contributed by atoms with van der Waals surface area (Å²) in [5.74, 6) is -0.976. The summed E-state index contributed by atoms with van der Waals surface area (Å²) in [5.41, 5.74) is 0.836. The molecule has 1 atom stereocenters. The number of sulfonamides is 1. The molecule has 0 radical (unpaired) electrons. The lowest BCUT2D eigenvalue weighted by atomic mass is 10.1. The van der Waals surface area contributed by atoms with Crippen molar-refractivity contribution in [3.63, 3.8) is 0 Å². The van der Waals surface area contributed by atoms with Crippen molar-refractivity contribution in [2.45, 2.75) is 13.0 Å². The molecule has 0 spiro atoms. The number of amides is 1. The Hall–Kier alpha value is -3.07. The first-order valence-electron chi connectivity index (χ1n) is 8.61. The van der Waals surface area contributed by atoms with Crippen LogP contribution in [0.5, 0.6) is 5.75 Å². The van der Waals surface area contributed by atoms with Crippen molar-refractivity contribution >= 4 is 33.3 Å². The van der Waals surface area contributed by atoms with Crippen LogP contribution in [0.2, 0.25) is 0 Å². The van der Waals surface area contributed by atoms with E-state index in [4.69, 9.17) is 9.47 Å². The molecule has 0 saturated carbocycles. The normalized spacial score (nSPS) is 15.9. The highest BCUT2D eigenvalue weighted by Gasteiger charge is 2.36. The highest BCUT2D eigenvalue weighted by molar-refractivity contribution is 7.92. The minimum absolute atomic E-state index is 0.110. The van der Waals surface area contributed by atoms with Crippen LogP contribution < -0.4 is 14.4 Å². The van der Waals surface area contributed by atoms with E-state index < -0.39 is 28.0 Å². The number of benzene rings is 2. The molecule has 1 heterocycles. The highest BCUT2D eigenvalue weighted by Crippen LogP contribution is 2.35. The molecular formula is C19H20N2O6S. The van der Waals surface area contributed by atoms with E-state index in [1.54, 1.807) is 42.5 Å². The molecule has 8 nitrogen and oxygen atoms in total. The third-order valence-electron chi connectivity index (χ3n) is 4.32. The Balaban J connectivity index is 1.89. The van der Waals surface area contributed by atoms with Gasteiger partial charge in [0.05, 0.1) is 36.3 Å². The van der Waals surface area contributed by atoms with Gasteiger partial charge in [-0.05, 0) is 31.2 Å². The van der Waals surface area contributed by atoms with E-state index >= 15 is 0 Å². The zero-order valence-electron chi connectivity index (χ0n) is 15.4. The van der Waals surface area contributed by atoms with Gasteiger partial charge < -0.3 is 14.8 Å². The largest absolute Gasteiger partial charge is 0.476 e. The summed E-state index contributed by atoms with van der Waals surface area (Å²) >= 11 is 0. The quantitative estimate of drug-likeness (QED) is 0.765. The number of hydrogen-bond donors (Lipinski definition) is 1. The molecular weight excluding hydrogens is 384 g/mol. The predicted molar refractivity (Wildman–Crippen MR) is 104 cm³/mol. The monoisotopic (exact) mass is 404 g/mol. The van der Waals surface area contributed by atoms with E-state index in [2.05, 4.69) is 5.32 Å². The van der Waals surface area contributed by atoms with Crippen molar-refractivity contribution in [1.29, 1.82) is 0 Å². The summed E-state index contributed by atoms with van der Waals surface area (Å²) in [5, 5.41) is 2.63. The molecule has 0 aliphatic carbocycles. The van der Waals surface area contributed by atoms with E-state index in [0.717, 1.165) is 0 Å². The minimum Gasteiger partial charge on any atom is -0.476 e. The Morgan fingerprint density at radius 1 is 1.18 bits per heavy atom. The molecule has 0 aromatic heterocycles. The smallest absolute Gasteiger partial charge is 0.339 e. The number of anilines is 2. The van der Waals surface area contributed by atoms with Crippen molar-refractivity contribution in [1.82, 2.24) is 0 Å². The van der Waals surface area contributed by atoms with E-state index in [1.807, 2.05) is 0 Å². The number of fused-ring (bicyclic) bond motifs is 1. The first-order valence-corrected chi connectivity index (χ1v) is 10.2.